The fraction of sp³-hybridized carbons (Fsp3) is 0.778. The number of hydrogen-bond donors (Lipinski definition) is 0. The first-order valence-corrected chi connectivity index (χ1v) is 4.04. The Morgan fingerprint density at radius 2 is 2.09 bits per heavy atom. The van der Waals surface area contributed by atoms with Gasteiger partial charge >= 0.3 is 0 Å². The van der Waals surface area contributed by atoms with Gasteiger partial charge in [0.2, 0.25) is 0 Å². The third-order valence-electron chi connectivity index (χ3n) is 1.89. The van der Waals surface area contributed by atoms with Crippen molar-refractivity contribution >= 4 is 0 Å². The number of halogens is 1. The molecule has 2 heteroatoms. The summed E-state index contributed by atoms with van der Waals surface area (Å²) in [5, 5.41) is 0. The summed E-state index contributed by atoms with van der Waals surface area (Å²) in [5.41, 5.74) is 0. The van der Waals surface area contributed by atoms with E-state index in [1.54, 1.807) is 0 Å². The van der Waals surface area contributed by atoms with Crippen LogP contribution in [0.4, 0.5) is 4.39 Å². The molecule has 0 aromatic heterocycles. The maximum absolute atomic E-state index is 12.6. The Balaban J connectivity index is 3.45. The lowest BCUT2D eigenvalue weighted by atomic mass is 10.2. The van der Waals surface area contributed by atoms with Crippen molar-refractivity contribution in [3.8, 4) is 0 Å². The van der Waals surface area contributed by atoms with Gasteiger partial charge in [-0.1, -0.05) is 6.08 Å². The Bertz CT molecular complexity index is 112. The Kier molecular flexibility index (Phi) is 5.12. The summed E-state index contributed by atoms with van der Waals surface area (Å²) in [5.74, 6) is 0. The summed E-state index contributed by atoms with van der Waals surface area (Å²) in [7, 11) is 2.00. The van der Waals surface area contributed by atoms with Crippen LogP contribution in [0, 0.1) is 0 Å². The molecule has 1 unspecified atom stereocenters. The predicted molar refractivity (Wildman–Crippen MR) is 47.5 cm³/mol. The fourth-order valence-corrected chi connectivity index (χ4v) is 0.703. The van der Waals surface area contributed by atoms with Crippen molar-refractivity contribution in [3.05, 3.63) is 12.7 Å². The van der Waals surface area contributed by atoms with Crippen molar-refractivity contribution in [1.82, 2.24) is 4.90 Å². The third-order valence-corrected chi connectivity index (χ3v) is 1.89. The monoisotopic (exact) mass is 159 g/mol. The molecular formula is C9H18FN. The Morgan fingerprint density at radius 3 is 2.45 bits per heavy atom. The summed E-state index contributed by atoms with van der Waals surface area (Å²) in [4.78, 5) is 2.12. The third kappa shape index (κ3) is 4.96. The normalized spacial score (nSPS) is 14.0. The van der Waals surface area contributed by atoms with Crippen LogP contribution in [0.25, 0.3) is 0 Å². The lowest BCUT2D eigenvalue weighted by molar-refractivity contribution is 0.242. The van der Waals surface area contributed by atoms with E-state index in [4.69, 9.17) is 0 Å². The first-order chi connectivity index (χ1) is 5.07. The molecule has 0 rings (SSSR count). The first kappa shape index (κ1) is 10.6. The van der Waals surface area contributed by atoms with Crippen LogP contribution >= 0.6 is 0 Å². The number of allylic oxidation sites excluding steroid dienone is 1. The topological polar surface area (TPSA) is 3.24 Å². The van der Waals surface area contributed by atoms with E-state index < -0.39 is 6.17 Å². The lowest BCUT2D eigenvalue weighted by Gasteiger charge is -2.20. The highest BCUT2D eigenvalue weighted by Crippen LogP contribution is 2.02. The highest BCUT2D eigenvalue weighted by molar-refractivity contribution is 4.79. The second kappa shape index (κ2) is 5.30. The molecule has 66 valence electrons. The van der Waals surface area contributed by atoms with Gasteiger partial charge in [-0.15, -0.1) is 6.58 Å². The molecule has 0 amide bonds. The van der Waals surface area contributed by atoms with Gasteiger partial charge in [0, 0.05) is 12.6 Å². The van der Waals surface area contributed by atoms with Gasteiger partial charge in [0.25, 0.3) is 0 Å². The van der Waals surface area contributed by atoms with E-state index in [9.17, 15) is 4.39 Å². The van der Waals surface area contributed by atoms with Gasteiger partial charge in [0.05, 0.1) is 0 Å². The minimum atomic E-state index is -0.851. The van der Waals surface area contributed by atoms with E-state index in [2.05, 4.69) is 25.3 Å². The quantitative estimate of drug-likeness (QED) is 0.556. The zero-order valence-corrected chi connectivity index (χ0v) is 7.68. The van der Waals surface area contributed by atoms with Gasteiger partial charge in [-0.05, 0) is 27.3 Å². The van der Waals surface area contributed by atoms with E-state index in [-0.39, 0.29) is 0 Å². The van der Waals surface area contributed by atoms with E-state index in [0.717, 1.165) is 6.54 Å². The molecule has 0 N–H and O–H groups in total. The number of alkyl halides is 1. The summed E-state index contributed by atoms with van der Waals surface area (Å²) in [6.45, 7) is 8.38. The van der Waals surface area contributed by atoms with Crippen LogP contribution in [0.1, 0.15) is 20.3 Å². The standard InChI is InChI=1S/C9H18FN/c1-5-9(10)6-7-11(4)8(2)3/h5,8-9H,1,6-7H2,2-4H3. The predicted octanol–water partition coefficient (Wildman–Crippen LogP) is 2.24. The smallest absolute Gasteiger partial charge is 0.119 e. The molecule has 0 spiro atoms. The number of nitrogens with zero attached hydrogens (tertiary/aromatic N) is 1. The Hall–Kier alpha value is -0.370. The number of hydrogen-bond acceptors (Lipinski definition) is 1. The molecule has 1 atom stereocenters. The highest BCUT2D eigenvalue weighted by Gasteiger charge is 2.05. The molecule has 0 saturated carbocycles. The van der Waals surface area contributed by atoms with Crippen LogP contribution in [0.15, 0.2) is 12.7 Å². The molecule has 0 radical (unpaired) electrons. The SMILES string of the molecule is C=CC(F)CCN(C)C(C)C. The average molecular weight is 159 g/mol. The minimum absolute atomic E-state index is 0.493. The average Bonchev–Trinajstić information content (AvgIpc) is 1.99. The molecule has 0 aliphatic rings. The summed E-state index contributed by atoms with van der Waals surface area (Å²) in [6, 6.07) is 0.493. The summed E-state index contributed by atoms with van der Waals surface area (Å²) in [6.07, 6.45) is 1.06. The molecule has 0 heterocycles. The van der Waals surface area contributed by atoms with Crippen molar-refractivity contribution in [2.24, 2.45) is 0 Å². The molecule has 0 aliphatic heterocycles. The first-order valence-electron chi connectivity index (χ1n) is 4.04. The molecule has 0 fully saturated rings. The maximum atomic E-state index is 12.6. The minimum Gasteiger partial charge on any atom is -0.304 e. The van der Waals surface area contributed by atoms with Gasteiger partial charge in [-0.25, -0.2) is 4.39 Å². The Morgan fingerprint density at radius 1 is 1.55 bits per heavy atom. The molecular weight excluding hydrogens is 141 g/mol. The maximum Gasteiger partial charge on any atom is 0.119 e. The van der Waals surface area contributed by atoms with E-state index in [0.29, 0.717) is 12.5 Å². The van der Waals surface area contributed by atoms with E-state index in [1.807, 2.05) is 7.05 Å². The van der Waals surface area contributed by atoms with Crippen molar-refractivity contribution in [2.75, 3.05) is 13.6 Å². The van der Waals surface area contributed by atoms with Gasteiger partial charge in [-0.3, -0.25) is 0 Å². The summed E-state index contributed by atoms with van der Waals surface area (Å²) >= 11 is 0. The van der Waals surface area contributed by atoms with Crippen LogP contribution in [0.5, 0.6) is 0 Å². The van der Waals surface area contributed by atoms with E-state index >= 15 is 0 Å². The zero-order chi connectivity index (χ0) is 8.85. The molecule has 0 aliphatic carbocycles. The van der Waals surface area contributed by atoms with Crippen LogP contribution < -0.4 is 0 Å². The Labute approximate surface area is 68.9 Å². The second-order valence-electron chi connectivity index (χ2n) is 3.11. The molecule has 11 heavy (non-hydrogen) atoms. The number of rotatable bonds is 5. The highest BCUT2D eigenvalue weighted by atomic mass is 19.1. The van der Waals surface area contributed by atoms with Crippen molar-refractivity contribution in [3.63, 3.8) is 0 Å². The fourth-order valence-electron chi connectivity index (χ4n) is 0.703. The second-order valence-corrected chi connectivity index (χ2v) is 3.11. The van der Waals surface area contributed by atoms with Gasteiger partial charge in [-0.2, -0.15) is 0 Å². The molecule has 0 aromatic rings. The van der Waals surface area contributed by atoms with Crippen molar-refractivity contribution in [2.45, 2.75) is 32.5 Å². The van der Waals surface area contributed by atoms with Crippen LogP contribution in [-0.4, -0.2) is 30.7 Å². The zero-order valence-electron chi connectivity index (χ0n) is 7.68. The summed E-state index contributed by atoms with van der Waals surface area (Å²) < 4.78 is 12.6. The van der Waals surface area contributed by atoms with Crippen LogP contribution in [0.3, 0.4) is 0 Å². The molecule has 1 nitrogen and oxygen atoms in total. The lowest BCUT2D eigenvalue weighted by Crippen LogP contribution is -2.28. The van der Waals surface area contributed by atoms with Gasteiger partial charge < -0.3 is 4.90 Å². The molecule has 0 saturated heterocycles. The van der Waals surface area contributed by atoms with E-state index in [1.165, 1.54) is 6.08 Å². The van der Waals surface area contributed by atoms with Crippen LogP contribution in [-0.2, 0) is 0 Å². The van der Waals surface area contributed by atoms with Gasteiger partial charge in [0.1, 0.15) is 6.17 Å². The van der Waals surface area contributed by atoms with Crippen molar-refractivity contribution in [1.29, 1.82) is 0 Å². The van der Waals surface area contributed by atoms with Gasteiger partial charge in [0.15, 0.2) is 0 Å². The van der Waals surface area contributed by atoms with Crippen LogP contribution in [0.2, 0.25) is 0 Å². The van der Waals surface area contributed by atoms with Crippen molar-refractivity contribution < 1.29 is 4.39 Å². The molecule has 0 aromatic carbocycles. The largest absolute Gasteiger partial charge is 0.304 e. The molecule has 0 bridgehead atoms.